The van der Waals surface area contributed by atoms with E-state index in [-0.39, 0.29) is 6.61 Å². The number of rotatable bonds is 3. The topological polar surface area (TPSA) is 86.8 Å². The Kier molecular flexibility index (Phi) is 3.85. The Morgan fingerprint density at radius 1 is 1.16 bits per heavy atom. The Morgan fingerprint density at radius 2 is 2.00 bits per heavy atom. The molecule has 1 fully saturated rings. The van der Waals surface area contributed by atoms with E-state index in [9.17, 15) is 14.6 Å². The molecule has 1 unspecified atom stereocenters. The fourth-order valence-electron chi connectivity index (χ4n) is 3.20. The molecule has 0 spiro atoms. The Morgan fingerprint density at radius 3 is 2.80 bits per heavy atom. The van der Waals surface area contributed by atoms with Crippen LogP contribution in [0, 0.1) is 5.82 Å². The smallest absolute Gasteiger partial charge is 0.188 e. The van der Waals surface area contributed by atoms with Gasteiger partial charge in [0.1, 0.15) is 17.2 Å². The predicted molar refractivity (Wildman–Crippen MR) is 89.7 cm³/mol. The van der Waals surface area contributed by atoms with Crippen molar-refractivity contribution in [2.24, 2.45) is 0 Å². The number of piperidine rings is 1. The van der Waals surface area contributed by atoms with Crippen LogP contribution in [0.4, 0.5) is 10.2 Å². The van der Waals surface area contributed by atoms with Gasteiger partial charge in [-0.15, -0.1) is 15.3 Å². The normalized spacial score (nSPS) is 21.0. The van der Waals surface area contributed by atoms with Gasteiger partial charge in [0, 0.05) is 6.54 Å². The molecule has 0 aliphatic carbocycles. The fraction of sp³-hybridized carbons (Fsp3) is 0.353. The molecule has 2 aromatic heterocycles. The molecule has 25 heavy (non-hydrogen) atoms. The highest BCUT2D eigenvalue weighted by Crippen LogP contribution is 2.26. The maximum Gasteiger partial charge on any atom is 0.188 e. The Balaban J connectivity index is 1.75. The van der Waals surface area contributed by atoms with Gasteiger partial charge in [-0.3, -0.25) is 0 Å². The number of benzene rings is 1. The minimum absolute atomic E-state index is 0.291. The molecule has 8 heteroatoms. The Labute approximate surface area is 143 Å². The van der Waals surface area contributed by atoms with Gasteiger partial charge in [0.2, 0.25) is 0 Å². The quantitative estimate of drug-likeness (QED) is 0.744. The standard InChI is InChI=1S/C17H18FN5O2/c18-13-5-2-1-4-12(13)16-20-19-14-6-7-15(21-23(14)16)22-9-3-8-17(25,10-22)11-24/h1-2,4-7,24-25H,3,8-11H2. The summed E-state index contributed by atoms with van der Waals surface area (Å²) in [7, 11) is 0. The van der Waals surface area contributed by atoms with E-state index in [2.05, 4.69) is 15.3 Å². The maximum atomic E-state index is 14.1. The highest BCUT2D eigenvalue weighted by atomic mass is 19.1. The average Bonchev–Trinajstić information content (AvgIpc) is 3.05. The zero-order valence-electron chi connectivity index (χ0n) is 13.5. The number of aliphatic hydroxyl groups excluding tert-OH is 1. The van der Waals surface area contributed by atoms with Crippen molar-refractivity contribution in [2.45, 2.75) is 18.4 Å². The number of β-amino-alcohol motifs (C(OH)–C–C–N with tert-alkyl or cyclic N) is 1. The zero-order valence-corrected chi connectivity index (χ0v) is 13.5. The van der Waals surface area contributed by atoms with Gasteiger partial charge in [0.05, 0.1) is 18.7 Å². The van der Waals surface area contributed by atoms with E-state index in [1.165, 1.54) is 10.6 Å². The third-order valence-electron chi connectivity index (χ3n) is 4.54. The van der Waals surface area contributed by atoms with E-state index >= 15 is 0 Å². The van der Waals surface area contributed by atoms with Gasteiger partial charge in [-0.25, -0.2) is 4.39 Å². The Hall–Kier alpha value is -2.58. The summed E-state index contributed by atoms with van der Waals surface area (Å²) in [6.07, 6.45) is 1.30. The summed E-state index contributed by atoms with van der Waals surface area (Å²) in [5.74, 6) is 0.553. The van der Waals surface area contributed by atoms with Crippen molar-refractivity contribution < 1.29 is 14.6 Å². The number of halogens is 1. The first-order valence-corrected chi connectivity index (χ1v) is 8.15. The van der Waals surface area contributed by atoms with Crippen LogP contribution in [0.2, 0.25) is 0 Å². The molecular formula is C17H18FN5O2. The minimum atomic E-state index is -1.13. The number of fused-ring (bicyclic) bond motifs is 1. The molecule has 1 aliphatic rings. The third-order valence-corrected chi connectivity index (χ3v) is 4.54. The molecule has 3 aromatic rings. The first-order chi connectivity index (χ1) is 12.1. The molecule has 0 bridgehead atoms. The van der Waals surface area contributed by atoms with Crippen LogP contribution in [-0.4, -0.2) is 55.3 Å². The van der Waals surface area contributed by atoms with Crippen LogP contribution in [0.1, 0.15) is 12.8 Å². The zero-order chi connectivity index (χ0) is 17.4. The lowest BCUT2D eigenvalue weighted by Crippen LogP contribution is -2.50. The molecule has 1 aromatic carbocycles. The molecule has 1 saturated heterocycles. The van der Waals surface area contributed by atoms with Crippen LogP contribution in [0.3, 0.4) is 0 Å². The maximum absolute atomic E-state index is 14.1. The molecule has 130 valence electrons. The molecule has 1 atom stereocenters. The second kappa shape index (κ2) is 6.05. The largest absolute Gasteiger partial charge is 0.393 e. The van der Waals surface area contributed by atoms with Crippen LogP contribution in [0.25, 0.3) is 17.0 Å². The summed E-state index contributed by atoms with van der Waals surface area (Å²) in [4.78, 5) is 1.91. The second-order valence-electron chi connectivity index (χ2n) is 6.37. The van der Waals surface area contributed by atoms with Crippen molar-refractivity contribution in [3.63, 3.8) is 0 Å². The summed E-state index contributed by atoms with van der Waals surface area (Å²) in [5.41, 5.74) is -0.294. The number of hydrogen-bond acceptors (Lipinski definition) is 6. The van der Waals surface area contributed by atoms with E-state index < -0.39 is 11.4 Å². The van der Waals surface area contributed by atoms with Crippen molar-refractivity contribution in [1.82, 2.24) is 19.8 Å². The second-order valence-corrected chi connectivity index (χ2v) is 6.37. The van der Waals surface area contributed by atoms with Crippen molar-refractivity contribution in [3.8, 4) is 11.4 Å². The molecular weight excluding hydrogens is 325 g/mol. The van der Waals surface area contributed by atoms with E-state index in [0.29, 0.717) is 35.8 Å². The minimum Gasteiger partial charge on any atom is -0.393 e. The van der Waals surface area contributed by atoms with Crippen LogP contribution in [0.5, 0.6) is 0 Å². The van der Waals surface area contributed by atoms with Crippen LogP contribution in [0.15, 0.2) is 36.4 Å². The summed E-state index contributed by atoms with van der Waals surface area (Å²) < 4.78 is 15.6. The summed E-state index contributed by atoms with van der Waals surface area (Å²) >= 11 is 0. The number of hydrogen-bond donors (Lipinski definition) is 2. The van der Waals surface area contributed by atoms with Gasteiger partial charge in [0.25, 0.3) is 0 Å². The summed E-state index contributed by atoms with van der Waals surface area (Å²) in [5, 5.41) is 32.4. The molecule has 1 aliphatic heterocycles. The van der Waals surface area contributed by atoms with E-state index in [1.54, 1.807) is 30.3 Å². The van der Waals surface area contributed by atoms with Gasteiger partial charge in [-0.2, -0.15) is 4.52 Å². The first kappa shape index (κ1) is 15.9. The number of aliphatic hydroxyl groups is 2. The lowest BCUT2D eigenvalue weighted by atomic mass is 9.94. The predicted octanol–water partition coefficient (Wildman–Crippen LogP) is 1.25. The summed E-state index contributed by atoms with van der Waals surface area (Å²) in [6.45, 7) is 0.718. The van der Waals surface area contributed by atoms with Crippen molar-refractivity contribution in [2.75, 3.05) is 24.6 Å². The molecule has 4 rings (SSSR count). The number of anilines is 1. The van der Waals surface area contributed by atoms with E-state index in [4.69, 9.17) is 0 Å². The number of aromatic nitrogens is 4. The number of nitrogens with zero attached hydrogens (tertiary/aromatic N) is 5. The van der Waals surface area contributed by atoms with Crippen LogP contribution < -0.4 is 4.90 Å². The van der Waals surface area contributed by atoms with E-state index in [0.717, 1.165) is 13.0 Å². The molecule has 0 amide bonds. The first-order valence-electron chi connectivity index (χ1n) is 8.15. The third kappa shape index (κ3) is 2.83. The van der Waals surface area contributed by atoms with Crippen molar-refractivity contribution >= 4 is 11.5 Å². The van der Waals surface area contributed by atoms with Gasteiger partial charge >= 0.3 is 0 Å². The van der Waals surface area contributed by atoms with Crippen LogP contribution >= 0.6 is 0 Å². The van der Waals surface area contributed by atoms with Gasteiger partial charge in [0.15, 0.2) is 11.5 Å². The van der Waals surface area contributed by atoms with Crippen molar-refractivity contribution in [3.05, 3.63) is 42.2 Å². The van der Waals surface area contributed by atoms with Crippen molar-refractivity contribution in [1.29, 1.82) is 0 Å². The van der Waals surface area contributed by atoms with Crippen LogP contribution in [-0.2, 0) is 0 Å². The average molecular weight is 343 g/mol. The monoisotopic (exact) mass is 343 g/mol. The highest BCUT2D eigenvalue weighted by molar-refractivity contribution is 5.60. The van der Waals surface area contributed by atoms with E-state index in [1.807, 2.05) is 4.90 Å². The Bertz CT molecular complexity index is 915. The molecule has 0 radical (unpaired) electrons. The molecule has 0 saturated carbocycles. The SMILES string of the molecule is OCC1(O)CCCN(c2ccc3nnc(-c4ccccc4F)n3n2)C1. The van der Waals surface area contributed by atoms with Gasteiger partial charge in [-0.1, -0.05) is 12.1 Å². The molecule has 7 nitrogen and oxygen atoms in total. The lowest BCUT2D eigenvalue weighted by Gasteiger charge is -2.38. The molecule has 3 heterocycles. The fourth-order valence-corrected chi connectivity index (χ4v) is 3.20. The summed E-state index contributed by atoms with van der Waals surface area (Å²) in [6, 6.07) is 9.89. The van der Waals surface area contributed by atoms with Gasteiger partial charge in [-0.05, 0) is 37.1 Å². The highest BCUT2D eigenvalue weighted by Gasteiger charge is 2.33. The molecule has 2 N–H and O–H groups in total. The lowest BCUT2D eigenvalue weighted by molar-refractivity contribution is -0.0242. The van der Waals surface area contributed by atoms with Gasteiger partial charge < -0.3 is 15.1 Å².